The third-order valence-corrected chi connectivity index (χ3v) is 5.59. The highest BCUT2D eigenvalue weighted by Gasteiger charge is 2.34. The van der Waals surface area contributed by atoms with E-state index in [-0.39, 0.29) is 5.41 Å². The minimum Gasteiger partial charge on any atom is -0.493 e. The van der Waals surface area contributed by atoms with Gasteiger partial charge in [-0.1, -0.05) is 6.92 Å². The summed E-state index contributed by atoms with van der Waals surface area (Å²) in [6, 6.07) is 4.05. The molecule has 1 N–H and O–H groups in total. The number of rotatable bonds is 7. The van der Waals surface area contributed by atoms with Crippen LogP contribution in [0.5, 0.6) is 17.2 Å². The molecule has 8 nitrogen and oxygen atoms in total. The van der Waals surface area contributed by atoms with E-state index in [1.54, 1.807) is 21.3 Å². The second-order valence-electron chi connectivity index (χ2n) is 8.00. The number of methoxy groups -OCH3 is 3. The molecule has 0 saturated carbocycles. The molecule has 2 fully saturated rings. The van der Waals surface area contributed by atoms with E-state index >= 15 is 0 Å². The van der Waals surface area contributed by atoms with E-state index in [0.717, 1.165) is 64.0 Å². The van der Waals surface area contributed by atoms with Gasteiger partial charge in [0.25, 0.3) is 0 Å². The van der Waals surface area contributed by atoms with Crippen LogP contribution in [-0.2, 0) is 11.3 Å². The van der Waals surface area contributed by atoms with Crippen LogP contribution in [-0.4, -0.2) is 90.1 Å². The van der Waals surface area contributed by atoms with Gasteiger partial charge in [-0.2, -0.15) is 0 Å². The van der Waals surface area contributed by atoms with Crippen molar-refractivity contribution in [3.8, 4) is 17.2 Å². The molecular weight excluding hydrogens is 372 g/mol. The number of nitrogens with zero attached hydrogens (tertiary/aromatic N) is 3. The number of hydrogen-bond donors (Lipinski definition) is 1. The number of nitrogens with one attached hydrogen (secondary N) is 1. The molecule has 29 heavy (non-hydrogen) atoms. The van der Waals surface area contributed by atoms with Crippen molar-refractivity contribution in [1.29, 1.82) is 0 Å². The number of guanidine groups is 1. The summed E-state index contributed by atoms with van der Waals surface area (Å²) < 4.78 is 21.7. The average Bonchev–Trinajstić information content (AvgIpc) is 2.73. The molecule has 0 spiro atoms. The maximum Gasteiger partial charge on any atom is 0.203 e. The van der Waals surface area contributed by atoms with E-state index in [1.807, 2.05) is 19.2 Å². The average molecular weight is 407 g/mol. The summed E-state index contributed by atoms with van der Waals surface area (Å²) in [5.74, 6) is 2.99. The molecule has 0 aliphatic carbocycles. The van der Waals surface area contributed by atoms with Crippen molar-refractivity contribution in [1.82, 2.24) is 15.1 Å². The van der Waals surface area contributed by atoms with Crippen molar-refractivity contribution >= 4 is 5.96 Å². The van der Waals surface area contributed by atoms with Gasteiger partial charge in [-0.25, -0.2) is 0 Å². The summed E-state index contributed by atoms with van der Waals surface area (Å²) in [5, 5.41) is 3.52. The van der Waals surface area contributed by atoms with Gasteiger partial charge < -0.3 is 29.2 Å². The molecule has 1 aromatic carbocycles. The largest absolute Gasteiger partial charge is 0.493 e. The van der Waals surface area contributed by atoms with Crippen LogP contribution in [0.15, 0.2) is 17.1 Å². The molecule has 2 heterocycles. The van der Waals surface area contributed by atoms with Crippen LogP contribution in [0.2, 0.25) is 0 Å². The molecular formula is C21H34N4O4. The Bertz CT molecular complexity index is 688. The van der Waals surface area contributed by atoms with Crippen molar-refractivity contribution in [2.24, 2.45) is 10.4 Å². The zero-order valence-corrected chi connectivity index (χ0v) is 18.3. The van der Waals surface area contributed by atoms with Gasteiger partial charge in [0.2, 0.25) is 5.75 Å². The Hall–Kier alpha value is -2.19. The van der Waals surface area contributed by atoms with Gasteiger partial charge in [0.1, 0.15) is 0 Å². The van der Waals surface area contributed by atoms with Crippen molar-refractivity contribution < 1.29 is 18.9 Å². The smallest absolute Gasteiger partial charge is 0.203 e. The number of ether oxygens (including phenoxy) is 4. The maximum atomic E-state index is 5.48. The standard InChI is InChI=1S/C21H34N4O4/c1-21(14-29-15-21)13-23-20(22-2)25-8-6-24(7-9-25)12-16-10-17(26-3)19(28-5)18(11-16)27-4/h10-11H,6-9,12-15H2,1-5H3,(H,22,23). The summed E-state index contributed by atoms with van der Waals surface area (Å²) >= 11 is 0. The number of benzene rings is 1. The van der Waals surface area contributed by atoms with E-state index in [9.17, 15) is 0 Å². The molecule has 2 aliphatic rings. The highest BCUT2D eigenvalue weighted by Crippen LogP contribution is 2.38. The topological polar surface area (TPSA) is 67.8 Å². The van der Waals surface area contributed by atoms with Gasteiger partial charge in [-0.05, 0) is 17.7 Å². The van der Waals surface area contributed by atoms with E-state index in [4.69, 9.17) is 18.9 Å². The molecule has 2 saturated heterocycles. The Labute approximate surface area is 173 Å². The van der Waals surface area contributed by atoms with Crippen LogP contribution >= 0.6 is 0 Å². The summed E-state index contributed by atoms with van der Waals surface area (Å²) in [5.41, 5.74) is 1.37. The lowest BCUT2D eigenvalue weighted by atomic mass is 9.89. The predicted octanol–water partition coefficient (Wildman–Crippen LogP) is 1.44. The SMILES string of the molecule is CN=C(NCC1(C)COC1)N1CCN(Cc2cc(OC)c(OC)c(OC)c2)CC1. The first-order chi connectivity index (χ1) is 14.0. The van der Waals surface area contributed by atoms with Crippen LogP contribution in [0.4, 0.5) is 0 Å². The fraction of sp³-hybridized carbons (Fsp3) is 0.667. The van der Waals surface area contributed by atoms with Gasteiger partial charge >= 0.3 is 0 Å². The fourth-order valence-electron chi connectivity index (χ4n) is 3.78. The van der Waals surface area contributed by atoms with E-state index < -0.39 is 0 Å². The van der Waals surface area contributed by atoms with Gasteiger partial charge in [-0.3, -0.25) is 9.89 Å². The van der Waals surface area contributed by atoms with Gasteiger partial charge in [0.05, 0.1) is 34.5 Å². The van der Waals surface area contributed by atoms with Crippen LogP contribution in [0.25, 0.3) is 0 Å². The minimum absolute atomic E-state index is 0.226. The Balaban J connectivity index is 1.55. The Morgan fingerprint density at radius 1 is 1.07 bits per heavy atom. The van der Waals surface area contributed by atoms with Gasteiger partial charge in [0.15, 0.2) is 17.5 Å². The summed E-state index contributed by atoms with van der Waals surface area (Å²) in [4.78, 5) is 9.24. The lowest BCUT2D eigenvalue weighted by Gasteiger charge is -2.41. The predicted molar refractivity (Wildman–Crippen MR) is 113 cm³/mol. The Kier molecular flexibility index (Phi) is 7.08. The molecule has 0 radical (unpaired) electrons. The lowest BCUT2D eigenvalue weighted by molar-refractivity contribution is -0.0973. The van der Waals surface area contributed by atoms with E-state index in [1.165, 1.54) is 0 Å². The minimum atomic E-state index is 0.226. The molecule has 2 aliphatic heterocycles. The zero-order valence-electron chi connectivity index (χ0n) is 18.3. The van der Waals surface area contributed by atoms with Crippen molar-refractivity contribution in [3.63, 3.8) is 0 Å². The Morgan fingerprint density at radius 3 is 2.14 bits per heavy atom. The van der Waals surface area contributed by atoms with Gasteiger partial charge in [0, 0.05) is 51.7 Å². The molecule has 0 unspecified atom stereocenters. The van der Waals surface area contributed by atoms with Crippen molar-refractivity contribution in [2.75, 3.05) is 74.3 Å². The molecule has 162 valence electrons. The first-order valence-corrected chi connectivity index (χ1v) is 10.1. The van der Waals surface area contributed by atoms with Crippen LogP contribution in [0.3, 0.4) is 0 Å². The molecule has 8 heteroatoms. The molecule has 0 aromatic heterocycles. The third kappa shape index (κ3) is 5.05. The van der Waals surface area contributed by atoms with Gasteiger partial charge in [-0.15, -0.1) is 0 Å². The Morgan fingerprint density at radius 2 is 1.69 bits per heavy atom. The van der Waals surface area contributed by atoms with E-state index in [2.05, 4.69) is 27.0 Å². The van der Waals surface area contributed by atoms with Crippen molar-refractivity contribution in [2.45, 2.75) is 13.5 Å². The molecule has 0 amide bonds. The maximum absolute atomic E-state index is 5.48. The second-order valence-corrected chi connectivity index (χ2v) is 8.00. The molecule has 0 bridgehead atoms. The highest BCUT2D eigenvalue weighted by molar-refractivity contribution is 5.80. The number of aliphatic imine (C=N–C) groups is 1. The molecule has 1 aromatic rings. The third-order valence-electron chi connectivity index (χ3n) is 5.59. The normalized spacial score (nSPS) is 19.5. The number of piperazine rings is 1. The van der Waals surface area contributed by atoms with Crippen LogP contribution in [0, 0.1) is 5.41 Å². The van der Waals surface area contributed by atoms with Crippen molar-refractivity contribution in [3.05, 3.63) is 17.7 Å². The fourth-order valence-corrected chi connectivity index (χ4v) is 3.78. The lowest BCUT2D eigenvalue weighted by Crippen LogP contribution is -2.55. The second kappa shape index (κ2) is 9.54. The number of hydrogen-bond acceptors (Lipinski definition) is 6. The van der Waals surface area contributed by atoms with Crippen LogP contribution < -0.4 is 19.5 Å². The monoisotopic (exact) mass is 406 g/mol. The first kappa shape index (κ1) is 21.5. The molecule has 0 atom stereocenters. The summed E-state index contributed by atoms with van der Waals surface area (Å²) in [6.07, 6.45) is 0. The first-order valence-electron chi connectivity index (χ1n) is 10.1. The zero-order chi connectivity index (χ0) is 20.9. The summed E-state index contributed by atoms with van der Waals surface area (Å²) in [6.45, 7) is 9.44. The van der Waals surface area contributed by atoms with Crippen LogP contribution in [0.1, 0.15) is 12.5 Å². The highest BCUT2D eigenvalue weighted by atomic mass is 16.5. The van der Waals surface area contributed by atoms with E-state index in [0.29, 0.717) is 17.2 Å². The summed E-state index contributed by atoms with van der Waals surface area (Å²) in [7, 11) is 6.77. The molecule has 3 rings (SSSR count). The quantitative estimate of drug-likeness (QED) is 0.543.